The van der Waals surface area contributed by atoms with Gasteiger partial charge in [-0.1, -0.05) is 18.9 Å². The molecule has 1 aliphatic rings. The van der Waals surface area contributed by atoms with Gasteiger partial charge in [0, 0.05) is 10.2 Å². The number of benzene rings is 1. The molecule has 0 spiro atoms. The maximum atomic E-state index is 9.91. The van der Waals surface area contributed by atoms with Crippen molar-refractivity contribution in [2.45, 2.75) is 44.8 Å². The summed E-state index contributed by atoms with van der Waals surface area (Å²) in [4.78, 5) is 0. The molecular weight excluding hydrogens is 266 g/mol. The Balaban J connectivity index is 2.10. The maximum Gasteiger partial charge on any atom is 0.0741 e. The number of hydrogen-bond acceptors (Lipinski definition) is 2. The van der Waals surface area contributed by atoms with Crippen LogP contribution in [0.15, 0.2) is 22.7 Å². The molecule has 1 fully saturated rings. The van der Waals surface area contributed by atoms with Crippen LogP contribution in [0.3, 0.4) is 0 Å². The molecule has 1 aliphatic carbocycles. The zero-order valence-corrected chi connectivity index (χ0v) is 11.1. The highest BCUT2D eigenvalue weighted by molar-refractivity contribution is 9.10. The van der Waals surface area contributed by atoms with Crippen molar-refractivity contribution in [2.24, 2.45) is 0 Å². The van der Waals surface area contributed by atoms with Crippen LogP contribution < -0.4 is 5.32 Å². The van der Waals surface area contributed by atoms with Crippen molar-refractivity contribution in [1.29, 1.82) is 0 Å². The quantitative estimate of drug-likeness (QED) is 0.871. The van der Waals surface area contributed by atoms with E-state index in [1.807, 2.05) is 6.07 Å². The zero-order chi connectivity index (χ0) is 11.5. The second-order valence-electron chi connectivity index (χ2n) is 4.59. The minimum atomic E-state index is -0.207. The summed E-state index contributed by atoms with van der Waals surface area (Å²) in [7, 11) is 0. The Morgan fingerprint density at radius 1 is 1.31 bits per heavy atom. The minimum Gasteiger partial charge on any atom is -0.391 e. The highest BCUT2D eigenvalue weighted by Crippen LogP contribution is 2.27. The van der Waals surface area contributed by atoms with E-state index >= 15 is 0 Å². The summed E-state index contributed by atoms with van der Waals surface area (Å²) in [5.41, 5.74) is 2.32. The SMILES string of the molecule is Cc1ccc(Br)c(NC2CCCCC2O)c1. The third kappa shape index (κ3) is 2.77. The van der Waals surface area contributed by atoms with E-state index in [0.29, 0.717) is 0 Å². The molecule has 1 saturated carbocycles. The zero-order valence-electron chi connectivity index (χ0n) is 9.54. The molecule has 0 heterocycles. The lowest BCUT2D eigenvalue weighted by molar-refractivity contribution is 0.116. The maximum absolute atomic E-state index is 9.91. The van der Waals surface area contributed by atoms with Crippen molar-refractivity contribution in [3.8, 4) is 0 Å². The normalized spacial score (nSPS) is 25.4. The first-order chi connectivity index (χ1) is 7.66. The lowest BCUT2D eigenvalue weighted by Gasteiger charge is -2.29. The van der Waals surface area contributed by atoms with Crippen LogP contribution in [0.4, 0.5) is 5.69 Å². The second-order valence-corrected chi connectivity index (χ2v) is 5.44. The van der Waals surface area contributed by atoms with Gasteiger partial charge in [0.1, 0.15) is 0 Å². The van der Waals surface area contributed by atoms with E-state index in [9.17, 15) is 5.11 Å². The van der Waals surface area contributed by atoms with Crippen LogP contribution in [0, 0.1) is 6.92 Å². The molecule has 16 heavy (non-hydrogen) atoms. The molecular formula is C13H18BrNO. The van der Waals surface area contributed by atoms with Crippen LogP contribution in [0.2, 0.25) is 0 Å². The molecule has 0 aliphatic heterocycles. The van der Waals surface area contributed by atoms with Gasteiger partial charge in [0.25, 0.3) is 0 Å². The fourth-order valence-corrected chi connectivity index (χ4v) is 2.59. The van der Waals surface area contributed by atoms with Crippen molar-refractivity contribution in [1.82, 2.24) is 0 Å². The Hall–Kier alpha value is -0.540. The Labute approximate surface area is 105 Å². The summed E-state index contributed by atoms with van der Waals surface area (Å²) in [6, 6.07) is 6.44. The van der Waals surface area contributed by atoms with Gasteiger partial charge in [0.2, 0.25) is 0 Å². The average Bonchev–Trinajstić information content (AvgIpc) is 2.27. The number of aliphatic hydroxyl groups is 1. The molecule has 2 N–H and O–H groups in total. The van der Waals surface area contributed by atoms with Gasteiger partial charge in [-0.25, -0.2) is 0 Å². The molecule has 88 valence electrons. The fraction of sp³-hybridized carbons (Fsp3) is 0.538. The number of halogens is 1. The molecule has 1 aromatic rings. The van der Waals surface area contributed by atoms with Crippen LogP contribution in [0.5, 0.6) is 0 Å². The van der Waals surface area contributed by atoms with Crippen LogP contribution >= 0.6 is 15.9 Å². The molecule has 0 bridgehead atoms. The standard InChI is InChI=1S/C13H18BrNO/c1-9-6-7-10(14)12(8-9)15-11-4-2-3-5-13(11)16/h6-8,11,13,15-16H,2-5H2,1H3. The van der Waals surface area contributed by atoms with Crippen molar-refractivity contribution >= 4 is 21.6 Å². The summed E-state index contributed by atoms with van der Waals surface area (Å²) in [5, 5.41) is 13.4. The first kappa shape index (κ1) is 11.9. The molecule has 2 nitrogen and oxygen atoms in total. The van der Waals surface area contributed by atoms with E-state index in [1.54, 1.807) is 0 Å². The highest BCUT2D eigenvalue weighted by atomic mass is 79.9. The highest BCUT2D eigenvalue weighted by Gasteiger charge is 2.23. The number of aliphatic hydroxyl groups excluding tert-OH is 1. The van der Waals surface area contributed by atoms with E-state index in [1.165, 1.54) is 12.0 Å². The topological polar surface area (TPSA) is 32.3 Å². The smallest absolute Gasteiger partial charge is 0.0741 e. The van der Waals surface area contributed by atoms with Crippen LogP contribution in [-0.4, -0.2) is 17.3 Å². The van der Waals surface area contributed by atoms with E-state index in [-0.39, 0.29) is 12.1 Å². The number of aryl methyl sites for hydroxylation is 1. The van der Waals surface area contributed by atoms with Gasteiger partial charge in [-0.2, -0.15) is 0 Å². The van der Waals surface area contributed by atoms with E-state index in [2.05, 4.69) is 40.3 Å². The first-order valence-corrected chi connectivity index (χ1v) is 6.67. The molecule has 0 amide bonds. The molecule has 3 heteroatoms. The molecule has 0 saturated heterocycles. The second kappa shape index (κ2) is 5.19. The van der Waals surface area contributed by atoms with Crippen LogP contribution in [0.25, 0.3) is 0 Å². The van der Waals surface area contributed by atoms with Gasteiger partial charge in [-0.3, -0.25) is 0 Å². The average molecular weight is 284 g/mol. The summed E-state index contributed by atoms with van der Waals surface area (Å²) in [6.07, 6.45) is 4.12. The predicted octanol–water partition coefficient (Wildman–Crippen LogP) is 3.47. The Morgan fingerprint density at radius 3 is 2.81 bits per heavy atom. The molecule has 2 rings (SSSR count). The summed E-state index contributed by atoms with van der Waals surface area (Å²) in [6.45, 7) is 2.08. The Kier molecular flexibility index (Phi) is 3.87. The molecule has 1 aromatic carbocycles. The summed E-state index contributed by atoms with van der Waals surface area (Å²) < 4.78 is 1.07. The van der Waals surface area contributed by atoms with Crippen molar-refractivity contribution in [2.75, 3.05) is 5.32 Å². The van der Waals surface area contributed by atoms with Gasteiger partial charge in [-0.05, 0) is 53.4 Å². The molecule has 0 radical (unpaired) electrons. The molecule has 2 unspecified atom stereocenters. The predicted molar refractivity (Wildman–Crippen MR) is 70.8 cm³/mol. The number of hydrogen-bond donors (Lipinski definition) is 2. The van der Waals surface area contributed by atoms with E-state index in [4.69, 9.17) is 0 Å². The lowest BCUT2D eigenvalue weighted by Crippen LogP contribution is -2.36. The number of anilines is 1. The van der Waals surface area contributed by atoms with Gasteiger partial charge >= 0.3 is 0 Å². The van der Waals surface area contributed by atoms with Gasteiger partial charge in [0.15, 0.2) is 0 Å². The van der Waals surface area contributed by atoms with E-state index < -0.39 is 0 Å². The summed E-state index contributed by atoms with van der Waals surface area (Å²) >= 11 is 3.53. The number of rotatable bonds is 2. The Bertz CT molecular complexity index is 367. The van der Waals surface area contributed by atoms with Crippen LogP contribution in [-0.2, 0) is 0 Å². The van der Waals surface area contributed by atoms with Gasteiger partial charge in [-0.15, -0.1) is 0 Å². The summed E-state index contributed by atoms with van der Waals surface area (Å²) in [5.74, 6) is 0. The van der Waals surface area contributed by atoms with Gasteiger partial charge < -0.3 is 10.4 Å². The lowest BCUT2D eigenvalue weighted by atomic mass is 9.92. The van der Waals surface area contributed by atoms with E-state index in [0.717, 1.165) is 29.4 Å². The molecule has 0 aromatic heterocycles. The van der Waals surface area contributed by atoms with Crippen LogP contribution in [0.1, 0.15) is 31.2 Å². The Morgan fingerprint density at radius 2 is 2.06 bits per heavy atom. The fourth-order valence-electron chi connectivity index (χ4n) is 2.23. The first-order valence-electron chi connectivity index (χ1n) is 5.87. The van der Waals surface area contributed by atoms with Crippen molar-refractivity contribution in [3.05, 3.63) is 28.2 Å². The van der Waals surface area contributed by atoms with Crippen molar-refractivity contribution < 1.29 is 5.11 Å². The van der Waals surface area contributed by atoms with Crippen molar-refractivity contribution in [3.63, 3.8) is 0 Å². The third-order valence-corrected chi connectivity index (χ3v) is 3.88. The molecule has 2 atom stereocenters. The van der Waals surface area contributed by atoms with Gasteiger partial charge in [0.05, 0.1) is 12.1 Å². The minimum absolute atomic E-state index is 0.201. The monoisotopic (exact) mass is 283 g/mol. The third-order valence-electron chi connectivity index (χ3n) is 3.19. The number of nitrogens with one attached hydrogen (secondary N) is 1. The largest absolute Gasteiger partial charge is 0.391 e.